The molecule has 2 aromatic rings. The van der Waals surface area contributed by atoms with Gasteiger partial charge >= 0.3 is 0 Å². The van der Waals surface area contributed by atoms with Crippen LogP contribution in [0.1, 0.15) is 18.1 Å². The highest BCUT2D eigenvalue weighted by Crippen LogP contribution is 2.31. The lowest BCUT2D eigenvalue weighted by Crippen LogP contribution is -2.43. The van der Waals surface area contributed by atoms with Crippen molar-refractivity contribution in [1.82, 2.24) is 14.8 Å². The molecule has 0 bridgehead atoms. The summed E-state index contributed by atoms with van der Waals surface area (Å²) in [4.78, 5) is 9.10. The van der Waals surface area contributed by atoms with E-state index in [4.69, 9.17) is 4.74 Å². The molecule has 23 heavy (non-hydrogen) atoms. The highest BCUT2D eigenvalue weighted by molar-refractivity contribution is 5.88. The number of piperazine rings is 1. The number of hydrogen-bond acceptors (Lipinski definition) is 5. The predicted octanol–water partition coefficient (Wildman–Crippen LogP) is 2.22. The molecule has 3 rings (SSSR count). The molecule has 0 atom stereocenters. The van der Waals surface area contributed by atoms with E-state index in [-0.39, 0.29) is 0 Å². The third-order valence-electron chi connectivity index (χ3n) is 4.48. The first-order chi connectivity index (χ1) is 11.2. The number of aromatic nitrogens is 1. The van der Waals surface area contributed by atoms with E-state index in [2.05, 4.69) is 27.9 Å². The van der Waals surface area contributed by atoms with Gasteiger partial charge in [0, 0.05) is 56.5 Å². The quantitative estimate of drug-likeness (QED) is 0.917. The number of phenolic OH excluding ortho intramolecular Hbond substituents is 1. The average Bonchev–Trinajstić information content (AvgIpc) is 2.58. The van der Waals surface area contributed by atoms with Gasteiger partial charge in [0.1, 0.15) is 11.3 Å². The fourth-order valence-electron chi connectivity index (χ4n) is 3.06. The molecular formula is C18H25N3O2. The van der Waals surface area contributed by atoms with Crippen LogP contribution in [-0.2, 0) is 17.9 Å². The number of aromatic hydroxyl groups is 1. The van der Waals surface area contributed by atoms with Crippen LogP contribution in [0.5, 0.6) is 5.75 Å². The molecule has 1 saturated heterocycles. The van der Waals surface area contributed by atoms with Crippen LogP contribution in [0.3, 0.4) is 0 Å². The lowest BCUT2D eigenvalue weighted by molar-refractivity contribution is 0.134. The minimum atomic E-state index is 0.305. The average molecular weight is 315 g/mol. The molecular weight excluding hydrogens is 290 g/mol. The molecule has 1 aliphatic heterocycles. The Bertz CT molecular complexity index is 667. The Labute approximate surface area is 137 Å². The van der Waals surface area contributed by atoms with Gasteiger partial charge in [0.15, 0.2) is 0 Å². The second-order valence-corrected chi connectivity index (χ2v) is 6.16. The van der Waals surface area contributed by atoms with Crippen LogP contribution in [0.4, 0.5) is 0 Å². The molecule has 0 unspecified atom stereocenters. The van der Waals surface area contributed by atoms with Crippen molar-refractivity contribution in [3.8, 4) is 5.75 Å². The summed E-state index contributed by atoms with van der Waals surface area (Å²) >= 11 is 0. The number of ether oxygens (including phenoxy) is 1. The van der Waals surface area contributed by atoms with Crippen molar-refractivity contribution in [3.05, 3.63) is 35.5 Å². The lowest BCUT2D eigenvalue weighted by atomic mass is 10.0. The maximum absolute atomic E-state index is 10.6. The molecule has 5 nitrogen and oxygen atoms in total. The van der Waals surface area contributed by atoms with Gasteiger partial charge in [-0.3, -0.25) is 9.88 Å². The fourth-order valence-corrected chi connectivity index (χ4v) is 3.06. The molecule has 0 saturated carbocycles. The molecule has 0 spiro atoms. The molecule has 1 N–H and O–H groups in total. The van der Waals surface area contributed by atoms with Crippen molar-refractivity contribution in [3.63, 3.8) is 0 Å². The van der Waals surface area contributed by atoms with Gasteiger partial charge in [-0.15, -0.1) is 0 Å². The Morgan fingerprint density at radius 3 is 2.74 bits per heavy atom. The second-order valence-electron chi connectivity index (χ2n) is 6.16. The normalized spacial score (nSPS) is 17.0. The molecule has 1 fully saturated rings. The third kappa shape index (κ3) is 3.63. The molecule has 1 aromatic heterocycles. The number of pyridine rings is 1. The van der Waals surface area contributed by atoms with Crippen LogP contribution >= 0.6 is 0 Å². The van der Waals surface area contributed by atoms with Gasteiger partial charge in [0.05, 0.1) is 6.61 Å². The number of benzene rings is 1. The molecule has 124 valence electrons. The summed E-state index contributed by atoms with van der Waals surface area (Å²) in [6.45, 7) is 8.16. The Balaban J connectivity index is 1.91. The first-order valence-electron chi connectivity index (χ1n) is 8.26. The Hall–Kier alpha value is -1.69. The van der Waals surface area contributed by atoms with E-state index in [1.807, 2.05) is 19.1 Å². The minimum Gasteiger partial charge on any atom is -0.505 e. The number of nitrogens with zero attached hydrogens (tertiary/aromatic N) is 3. The fraction of sp³-hybridized carbons (Fsp3) is 0.500. The standard InChI is InChI=1S/C18H25N3O2/c1-3-23-13-15-11-14(12-21-9-7-20(2)8-10-21)18(22)17-16(15)5-4-6-19-17/h4-6,11,22H,3,7-10,12-13H2,1-2H3. The van der Waals surface area contributed by atoms with Gasteiger partial charge in [0.2, 0.25) is 0 Å². The first kappa shape index (κ1) is 16.2. The van der Waals surface area contributed by atoms with Crippen LogP contribution in [0.25, 0.3) is 10.9 Å². The van der Waals surface area contributed by atoms with E-state index < -0.39 is 0 Å². The predicted molar refractivity (Wildman–Crippen MR) is 91.5 cm³/mol. The van der Waals surface area contributed by atoms with Gasteiger partial charge in [-0.1, -0.05) is 6.07 Å². The Kier molecular flexibility index (Phi) is 5.10. The van der Waals surface area contributed by atoms with E-state index >= 15 is 0 Å². The Morgan fingerprint density at radius 1 is 1.22 bits per heavy atom. The van der Waals surface area contributed by atoms with Crippen LogP contribution in [-0.4, -0.2) is 59.7 Å². The second kappa shape index (κ2) is 7.25. The van der Waals surface area contributed by atoms with Crippen molar-refractivity contribution in [1.29, 1.82) is 0 Å². The zero-order valence-electron chi connectivity index (χ0n) is 14.0. The van der Waals surface area contributed by atoms with E-state index in [0.29, 0.717) is 24.5 Å². The zero-order chi connectivity index (χ0) is 16.2. The summed E-state index contributed by atoms with van der Waals surface area (Å²) < 4.78 is 5.60. The van der Waals surface area contributed by atoms with Crippen LogP contribution in [0, 0.1) is 0 Å². The van der Waals surface area contributed by atoms with Gasteiger partial charge < -0.3 is 14.7 Å². The van der Waals surface area contributed by atoms with Crippen LogP contribution < -0.4 is 0 Å². The van der Waals surface area contributed by atoms with Crippen LogP contribution in [0.2, 0.25) is 0 Å². The smallest absolute Gasteiger partial charge is 0.146 e. The number of fused-ring (bicyclic) bond motifs is 1. The summed E-state index contributed by atoms with van der Waals surface area (Å²) in [5.74, 6) is 0.305. The molecule has 5 heteroatoms. The Morgan fingerprint density at radius 2 is 2.00 bits per heavy atom. The molecule has 0 radical (unpaired) electrons. The minimum absolute atomic E-state index is 0.305. The van der Waals surface area contributed by atoms with Crippen molar-refractivity contribution in [2.24, 2.45) is 0 Å². The molecule has 0 aliphatic carbocycles. The number of hydrogen-bond donors (Lipinski definition) is 1. The molecule has 2 heterocycles. The number of likely N-dealkylation sites (N-methyl/N-ethyl adjacent to an activating group) is 1. The summed E-state index contributed by atoms with van der Waals surface area (Å²) in [5.41, 5.74) is 2.71. The molecule has 1 aliphatic rings. The summed E-state index contributed by atoms with van der Waals surface area (Å²) in [6.07, 6.45) is 1.73. The largest absolute Gasteiger partial charge is 0.505 e. The summed E-state index contributed by atoms with van der Waals surface area (Å²) in [7, 11) is 2.15. The number of phenols is 1. The SMILES string of the molecule is CCOCc1cc(CN2CCN(C)CC2)c(O)c2ncccc12. The van der Waals surface area contributed by atoms with E-state index in [9.17, 15) is 5.11 Å². The van der Waals surface area contributed by atoms with E-state index in [1.54, 1.807) is 6.20 Å². The van der Waals surface area contributed by atoms with E-state index in [0.717, 1.165) is 49.2 Å². The van der Waals surface area contributed by atoms with Gasteiger partial charge in [0.25, 0.3) is 0 Å². The van der Waals surface area contributed by atoms with Crippen LogP contribution in [0.15, 0.2) is 24.4 Å². The maximum Gasteiger partial charge on any atom is 0.146 e. The van der Waals surface area contributed by atoms with Crippen molar-refractivity contribution < 1.29 is 9.84 Å². The van der Waals surface area contributed by atoms with Gasteiger partial charge in [-0.2, -0.15) is 0 Å². The van der Waals surface area contributed by atoms with Crippen molar-refractivity contribution in [2.75, 3.05) is 39.8 Å². The summed E-state index contributed by atoms with van der Waals surface area (Å²) in [5, 5.41) is 11.6. The van der Waals surface area contributed by atoms with Crippen molar-refractivity contribution in [2.45, 2.75) is 20.1 Å². The molecule has 0 amide bonds. The highest BCUT2D eigenvalue weighted by Gasteiger charge is 2.18. The highest BCUT2D eigenvalue weighted by atomic mass is 16.5. The zero-order valence-corrected chi connectivity index (χ0v) is 14.0. The van der Waals surface area contributed by atoms with Gasteiger partial charge in [-0.05, 0) is 31.7 Å². The first-order valence-corrected chi connectivity index (χ1v) is 8.26. The van der Waals surface area contributed by atoms with E-state index in [1.165, 1.54) is 0 Å². The third-order valence-corrected chi connectivity index (χ3v) is 4.48. The van der Waals surface area contributed by atoms with Crippen molar-refractivity contribution >= 4 is 10.9 Å². The monoisotopic (exact) mass is 315 g/mol. The topological polar surface area (TPSA) is 48.8 Å². The summed E-state index contributed by atoms with van der Waals surface area (Å²) in [6, 6.07) is 5.97. The van der Waals surface area contributed by atoms with Gasteiger partial charge in [-0.25, -0.2) is 0 Å². The molecule has 1 aromatic carbocycles. The number of rotatable bonds is 5. The lowest BCUT2D eigenvalue weighted by Gasteiger charge is -2.32. The maximum atomic E-state index is 10.6.